The normalized spacial score (nSPS) is 15.1. The van der Waals surface area contributed by atoms with Gasteiger partial charge in [0.25, 0.3) is 5.91 Å². The Morgan fingerprint density at radius 3 is 2.75 bits per heavy atom. The molecule has 1 amide bonds. The van der Waals surface area contributed by atoms with Gasteiger partial charge in [-0.3, -0.25) is 4.79 Å². The fourth-order valence-electron chi connectivity index (χ4n) is 2.30. The first-order chi connectivity index (χ1) is 11.5. The number of methoxy groups -OCH3 is 1. The molecule has 0 aromatic heterocycles. The van der Waals surface area contributed by atoms with E-state index in [1.807, 2.05) is 0 Å². The molecule has 1 unspecified atom stereocenters. The van der Waals surface area contributed by atoms with Crippen molar-refractivity contribution in [1.82, 2.24) is 5.32 Å². The van der Waals surface area contributed by atoms with Crippen molar-refractivity contribution in [3.63, 3.8) is 0 Å². The van der Waals surface area contributed by atoms with E-state index in [1.165, 1.54) is 25.3 Å². The summed E-state index contributed by atoms with van der Waals surface area (Å²) in [6.45, 7) is 0.721. The second-order valence-electron chi connectivity index (χ2n) is 5.89. The number of carboxylic acids is 1. The molecule has 1 aliphatic carbocycles. The van der Waals surface area contributed by atoms with Crippen LogP contribution in [-0.2, 0) is 20.9 Å². The van der Waals surface area contributed by atoms with Crippen LogP contribution in [0.5, 0.6) is 0 Å². The van der Waals surface area contributed by atoms with E-state index in [2.05, 4.69) is 5.32 Å². The molecule has 1 aromatic rings. The number of nitrogens with one attached hydrogen (secondary N) is 1. The molecule has 7 heteroatoms. The van der Waals surface area contributed by atoms with Crippen LogP contribution < -0.4 is 5.32 Å². The zero-order valence-electron chi connectivity index (χ0n) is 13.6. The van der Waals surface area contributed by atoms with E-state index >= 15 is 0 Å². The number of carbonyl (C=O) groups is 2. The molecule has 132 valence electrons. The number of halogens is 1. The second kappa shape index (κ2) is 8.75. The lowest BCUT2D eigenvalue weighted by molar-refractivity contribution is -0.139. The van der Waals surface area contributed by atoms with E-state index in [1.54, 1.807) is 0 Å². The fraction of sp³-hybridized carbons (Fsp3) is 0.529. The van der Waals surface area contributed by atoms with Crippen LogP contribution in [0, 0.1) is 11.7 Å². The minimum atomic E-state index is -1.06. The van der Waals surface area contributed by atoms with Gasteiger partial charge in [0.2, 0.25) is 0 Å². The Kier molecular flexibility index (Phi) is 6.69. The van der Waals surface area contributed by atoms with Gasteiger partial charge < -0.3 is 19.9 Å². The smallest absolute Gasteiger partial charge is 0.326 e. The Morgan fingerprint density at radius 1 is 1.38 bits per heavy atom. The molecular weight excluding hydrogens is 317 g/mol. The first kappa shape index (κ1) is 18.4. The molecule has 0 heterocycles. The lowest BCUT2D eigenvalue weighted by Gasteiger charge is -2.14. The molecule has 0 radical (unpaired) electrons. The van der Waals surface area contributed by atoms with Gasteiger partial charge in [-0.25, -0.2) is 9.18 Å². The molecule has 1 aromatic carbocycles. The molecule has 1 aliphatic rings. The molecule has 2 N–H and O–H groups in total. The summed E-state index contributed by atoms with van der Waals surface area (Å²) < 4.78 is 23.9. The topological polar surface area (TPSA) is 84.9 Å². The average molecular weight is 339 g/mol. The van der Waals surface area contributed by atoms with E-state index in [-0.39, 0.29) is 17.7 Å². The molecule has 0 aliphatic heterocycles. The number of ether oxygens (including phenoxy) is 2. The summed E-state index contributed by atoms with van der Waals surface area (Å²) in [6.07, 6.45) is 2.42. The molecule has 1 atom stereocenters. The monoisotopic (exact) mass is 339 g/mol. The Balaban J connectivity index is 1.98. The lowest BCUT2D eigenvalue weighted by atomic mass is 10.1. The first-order valence-corrected chi connectivity index (χ1v) is 7.90. The minimum absolute atomic E-state index is 0.0146. The minimum Gasteiger partial charge on any atom is -0.480 e. The van der Waals surface area contributed by atoms with E-state index in [0.29, 0.717) is 25.6 Å². The summed E-state index contributed by atoms with van der Waals surface area (Å²) in [4.78, 5) is 23.5. The maximum absolute atomic E-state index is 13.8. The van der Waals surface area contributed by atoms with E-state index in [4.69, 9.17) is 9.47 Å². The van der Waals surface area contributed by atoms with Crippen LogP contribution in [0.3, 0.4) is 0 Å². The Hall–Kier alpha value is -1.99. The van der Waals surface area contributed by atoms with Gasteiger partial charge in [-0.15, -0.1) is 0 Å². The van der Waals surface area contributed by atoms with E-state index < -0.39 is 23.7 Å². The van der Waals surface area contributed by atoms with E-state index in [0.717, 1.165) is 12.8 Å². The third-order valence-corrected chi connectivity index (χ3v) is 3.87. The summed E-state index contributed by atoms with van der Waals surface area (Å²) in [6, 6.07) is 2.98. The van der Waals surface area contributed by atoms with Crippen LogP contribution in [0.2, 0.25) is 0 Å². The summed E-state index contributed by atoms with van der Waals surface area (Å²) >= 11 is 0. The maximum Gasteiger partial charge on any atom is 0.326 e. The molecule has 1 saturated carbocycles. The number of amides is 1. The van der Waals surface area contributed by atoms with Crippen molar-refractivity contribution in [2.45, 2.75) is 31.9 Å². The molecule has 2 rings (SSSR count). The Bertz CT molecular complexity index is 588. The van der Waals surface area contributed by atoms with Gasteiger partial charge in [-0.2, -0.15) is 0 Å². The number of benzene rings is 1. The standard InChI is InChI=1S/C17H22FNO5/c1-23-6-7-24-10-13-9-12(4-5-14(13)18)16(20)19-15(17(21)22)8-11-2-3-11/h4-5,9,11,15H,2-3,6-8,10H2,1H3,(H,19,20)(H,21,22). The number of carbonyl (C=O) groups excluding carboxylic acids is 1. The molecule has 0 saturated heterocycles. The third kappa shape index (κ3) is 5.58. The number of rotatable bonds is 10. The molecule has 0 spiro atoms. The molecule has 0 bridgehead atoms. The van der Waals surface area contributed by atoms with E-state index in [9.17, 15) is 19.1 Å². The van der Waals surface area contributed by atoms with Crippen molar-refractivity contribution >= 4 is 11.9 Å². The SMILES string of the molecule is COCCOCc1cc(C(=O)NC(CC2CC2)C(=O)O)ccc1F. The van der Waals surface area contributed by atoms with Crippen LogP contribution in [0.15, 0.2) is 18.2 Å². The van der Waals surface area contributed by atoms with Gasteiger partial charge in [0.15, 0.2) is 0 Å². The number of carboxylic acid groups (broad SMARTS) is 1. The average Bonchev–Trinajstić information content (AvgIpc) is 3.36. The van der Waals surface area contributed by atoms with Crippen molar-refractivity contribution in [1.29, 1.82) is 0 Å². The highest BCUT2D eigenvalue weighted by molar-refractivity contribution is 5.96. The summed E-state index contributed by atoms with van der Waals surface area (Å²) in [5, 5.41) is 11.7. The van der Waals surface area contributed by atoms with Crippen LogP contribution in [0.4, 0.5) is 4.39 Å². The fourth-order valence-corrected chi connectivity index (χ4v) is 2.30. The van der Waals surface area contributed by atoms with Gasteiger partial charge in [0.1, 0.15) is 11.9 Å². The first-order valence-electron chi connectivity index (χ1n) is 7.90. The molecule has 1 fully saturated rings. The highest BCUT2D eigenvalue weighted by atomic mass is 19.1. The lowest BCUT2D eigenvalue weighted by Crippen LogP contribution is -2.41. The van der Waals surface area contributed by atoms with Crippen LogP contribution in [0.25, 0.3) is 0 Å². The van der Waals surface area contributed by atoms with Gasteiger partial charge >= 0.3 is 5.97 Å². The molecular formula is C17H22FNO5. The quantitative estimate of drug-likeness (QED) is 0.637. The summed E-state index contributed by atoms with van der Waals surface area (Å²) in [7, 11) is 1.54. The molecule has 6 nitrogen and oxygen atoms in total. The highest BCUT2D eigenvalue weighted by Crippen LogP contribution is 2.33. The van der Waals surface area contributed by atoms with Crippen LogP contribution in [0.1, 0.15) is 35.2 Å². The third-order valence-electron chi connectivity index (χ3n) is 3.87. The summed E-state index contributed by atoms with van der Waals surface area (Å²) in [5.74, 6) is -1.69. The maximum atomic E-state index is 13.8. The van der Waals surface area contributed by atoms with Crippen molar-refractivity contribution < 1.29 is 28.6 Å². The molecule has 24 heavy (non-hydrogen) atoms. The Morgan fingerprint density at radius 2 is 2.12 bits per heavy atom. The zero-order chi connectivity index (χ0) is 17.5. The van der Waals surface area contributed by atoms with Crippen molar-refractivity contribution in [3.05, 3.63) is 35.1 Å². The predicted molar refractivity (Wildman–Crippen MR) is 84.2 cm³/mol. The largest absolute Gasteiger partial charge is 0.480 e. The Labute approximate surface area is 139 Å². The van der Waals surface area contributed by atoms with Crippen molar-refractivity contribution in [3.8, 4) is 0 Å². The van der Waals surface area contributed by atoms with Gasteiger partial charge in [0.05, 0.1) is 19.8 Å². The van der Waals surface area contributed by atoms with Crippen LogP contribution >= 0.6 is 0 Å². The van der Waals surface area contributed by atoms with Gasteiger partial charge in [0, 0.05) is 18.2 Å². The number of hydrogen-bond acceptors (Lipinski definition) is 4. The highest BCUT2D eigenvalue weighted by Gasteiger charge is 2.30. The van der Waals surface area contributed by atoms with Crippen LogP contribution in [-0.4, -0.2) is 43.3 Å². The van der Waals surface area contributed by atoms with Gasteiger partial charge in [-0.1, -0.05) is 12.8 Å². The van der Waals surface area contributed by atoms with Crippen molar-refractivity contribution in [2.24, 2.45) is 5.92 Å². The van der Waals surface area contributed by atoms with Crippen molar-refractivity contribution in [2.75, 3.05) is 20.3 Å². The zero-order valence-corrected chi connectivity index (χ0v) is 13.6. The predicted octanol–water partition coefficient (Wildman–Crippen LogP) is 1.97. The number of aliphatic carboxylic acids is 1. The second-order valence-corrected chi connectivity index (χ2v) is 5.89. The number of hydrogen-bond donors (Lipinski definition) is 2. The summed E-state index contributed by atoms with van der Waals surface area (Å²) in [5.41, 5.74) is 0.455. The van der Waals surface area contributed by atoms with Gasteiger partial charge in [-0.05, 0) is 30.5 Å².